The molecule has 0 spiro atoms. The van der Waals surface area contributed by atoms with Crippen LogP contribution in [0.4, 0.5) is 5.82 Å². The number of aromatic nitrogens is 3. The molecule has 1 unspecified atom stereocenters. The van der Waals surface area contributed by atoms with Crippen molar-refractivity contribution >= 4 is 11.5 Å². The maximum atomic E-state index is 5.70. The van der Waals surface area contributed by atoms with E-state index in [1.807, 2.05) is 6.20 Å². The highest BCUT2D eigenvalue weighted by atomic mass is 16.5. The molecule has 2 fully saturated rings. The van der Waals surface area contributed by atoms with E-state index >= 15 is 0 Å². The summed E-state index contributed by atoms with van der Waals surface area (Å²) >= 11 is 0. The van der Waals surface area contributed by atoms with E-state index in [4.69, 9.17) is 14.7 Å². The van der Waals surface area contributed by atoms with E-state index < -0.39 is 0 Å². The number of ether oxygens (including phenoxy) is 1. The monoisotopic (exact) mass is 462 g/mol. The first-order chi connectivity index (χ1) is 16.6. The molecule has 0 bridgehead atoms. The number of likely N-dealkylation sites (tertiary alicyclic amines) is 1. The maximum absolute atomic E-state index is 5.70. The van der Waals surface area contributed by atoms with Crippen molar-refractivity contribution < 1.29 is 4.74 Å². The molecule has 2 saturated heterocycles. The zero-order valence-electron chi connectivity index (χ0n) is 21.1. The summed E-state index contributed by atoms with van der Waals surface area (Å²) in [6, 6.07) is 11.1. The zero-order chi connectivity index (χ0) is 23.7. The van der Waals surface area contributed by atoms with Gasteiger partial charge in [0, 0.05) is 46.0 Å². The highest BCUT2D eigenvalue weighted by Crippen LogP contribution is 2.36. The average molecular weight is 463 g/mol. The van der Waals surface area contributed by atoms with Crippen LogP contribution in [0.2, 0.25) is 0 Å². The number of pyridine rings is 2. The lowest BCUT2D eigenvalue weighted by atomic mass is 9.96. The smallest absolute Gasteiger partial charge is 0.138 e. The van der Waals surface area contributed by atoms with Gasteiger partial charge in [-0.1, -0.05) is 26.0 Å². The number of methoxy groups -OCH3 is 1. The van der Waals surface area contributed by atoms with Crippen molar-refractivity contribution in [3.8, 4) is 0 Å². The molecule has 3 aromatic rings. The van der Waals surface area contributed by atoms with E-state index in [0.29, 0.717) is 18.6 Å². The molecule has 0 amide bonds. The fraction of sp³-hybridized carbons (Fsp3) is 0.556. The molecular formula is C27H38N6O. The fourth-order valence-electron chi connectivity index (χ4n) is 5.59. The van der Waals surface area contributed by atoms with Crippen LogP contribution >= 0.6 is 0 Å². The van der Waals surface area contributed by atoms with Gasteiger partial charge in [0.1, 0.15) is 11.5 Å². The molecule has 34 heavy (non-hydrogen) atoms. The summed E-state index contributed by atoms with van der Waals surface area (Å²) < 4.78 is 8.03. The molecule has 0 saturated carbocycles. The third-order valence-electron chi connectivity index (χ3n) is 7.44. The minimum absolute atomic E-state index is 0.343. The second kappa shape index (κ2) is 10.0. The number of hydrogen-bond acceptors (Lipinski definition) is 6. The van der Waals surface area contributed by atoms with Crippen molar-refractivity contribution in [2.45, 2.75) is 51.8 Å². The van der Waals surface area contributed by atoms with Crippen LogP contribution in [0, 0.1) is 0 Å². The molecule has 182 valence electrons. The van der Waals surface area contributed by atoms with E-state index in [1.165, 1.54) is 29.2 Å². The molecule has 0 aliphatic carbocycles. The highest BCUT2D eigenvalue weighted by molar-refractivity contribution is 5.55. The molecule has 1 atom stereocenters. The summed E-state index contributed by atoms with van der Waals surface area (Å²) in [7, 11) is 3.98. The molecule has 5 heterocycles. The standard InChI is InChI=1S/C27H38N6O/c1-20(2)21-8-6-12-28-27(21)23-9-7-13-32(23)18-22-24(19-34-4)33-25(29-22)10-5-11-26(33)31-16-14-30(3)15-17-31/h5-6,8,10-12,20,23H,7,9,13-19H2,1-4H3. The van der Waals surface area contributed by atoms with Crippen molar-refractivity contribution in [2.75, 3.05) is 51.8 Å². The molecule has 7 heteroatoms. The Morgan fingerprint density at radius 1 is 1.06 bits per heavy atom. The molecule has 0 N–H and O–H groups in total. The van der Waals surface area contributed by atoms with Gasteiger partial charge < -0.3 is 14.5 Å². The Bertz CT molecular complexity index is 1120. The Balaban J connectivity index is 1.49. The van der Waals surface area contributed by atoms with Gasteiger partial charge in [0.2, 0.25) is 0 Å². The van der Waals surface area contributed by atoms with Gasteiger partial charge >= 0.3 is 0 Å². The third kappa shape index (κ3) is 4.44. The van der Waals surface area contributed by atoms with Gasteiger partial charge in [0.05, 0.1) is 29.7 Å². The van der Waals surface area contributed by atoms with Crippen LogP contribution in [0.1, 0.15) is 61.3 Å². The first-order valence-corrected chi connectivity index (χ1v) is 12.7. The Kier molecular flexibility index (Phi) is 6.86. The van der Waals surface area contributed by atoms with Crippen molar-refractivity contribution in [3.63, 3.8) is 0 Å². The van der Waals surface area contributed by atoms with Gasteiger partial charge in [-0.3, -0.25) is 14.3 Å². The highest BCUT2D eigenvalue weighted by Gasteiger charge is 2.31. The topological polar surface area (TPSA) is 49.1 Å². The summed E-state index contributed by atoms with van der Waals surface area (Å²) in [5, 5.41) is 0. The Morgan fingerprint density at radius 2 is 1.88 bits per heavy atom. The van der Waals surface area contributed by atoms with E-state index in [0.717, 1.165) is 57.0 Å². The molecular weight excluding hydrogens is 424 g/mol. The van der Waals surface area contributed by atoms with Crippen molar-refractivity contribution in [1.82, 2.24) is 24.2 Å². The van der Waals surface area contributed by atoms with Crippen LogP contribution in [-0.4, -0.2) is 71.0 Å². The van der Waals surface area contributed by atoms with Gasteiger partial charge in [-0.15, -0.1) is 0 Å². The zero-order valence-corrected chi connectivity index (χ0v) is 21.1. The fourth-order valence-corrected chi connectivity index (χ4v) is 5.59. The number of piperazine rings is 1. The number of imidazole rings is 1. The number of anilines is 1. The van der Waals surface area contributed by atoms with Crippen LogP contribution in [0.5, 0.6) is 0 Å². The van der Waals surface area contributed by atoms with Crippen molar-refractivity contribution in [3.05, 3.63) is 59.2 Å². The lowest BCUT2D eigenvalue weighted by molar-refractivity contribution is 0.177. The minimum atomic E-state index is 0.343. The first kappa shape index (κ1) is 23.3. The van der Waals surface area contributed by atoms with Crippen LogP contribution in [0.25, 0.3) is 5.65 Å². The largest absolute Gasteiger partial charge is 0.378 e. The average Bonchev–Trinajstić information content (AvgIpc) is 3.44. The Morgan fingerprint density at radius 3 is 2.65 bits per heavy atom. The number of nitrogens with zero attached hydrogens (tertiary/aromatic N) is 6. The van der Waals surface area contributed by atoms with Crippen LogP contribution < -0.4 is 4.90 Å². The second-order valence-electron chi connectivity index (χ2n) is 10.1. The summed E-state index contributed by atoms with van der Waals surface area (Å²) in [6.07, 6.45) is 4.29. The summed E-state index contributed by atoms with van der Waals surface area (Å²) in [5.74, 6) is 1.69. The first-order valence-electron chi connectivity index (χ1n) is 12.7. The van der Waals surface area contributed by atoms with Crippen molar-refractivity contribution in [2.24, 2.45) is 0 Å². The Labute approximate surface area is 203 Å². The quantitative estimate of drug-likeness (QED) is 0.527. The molecule has 2 aliphatic heterocycles. The van der Waals surface area contributed by atoms with E-state index in [2.05, 4.69) is 70.3 Å². The van der Waals surface area contributed by atoms with Gasteiger partial charge in [-0.25, -0.2) is 4.98 Å². The molecule has 7 nitrogen and oxygen atoms in total. The SMILES string of the molecule is COCc1c(CN2CCCC2c2ncccc2C(C)C)nc2cccc(N3CCN(C)CC3)n12. The second-order valence-corrected chi connectivity index (χ2v) is 10.1. The molecule has 0 radical (unpaired) electrons. The van der Waals surface area contributed by atoms with E-state index in [9.17, 15) is 0 Å². The molecule has 0 aromatic carbocycles. The number of likely N-dealkylation sites (N-methyl/N-ethyl adjacent to an activating group) is 1. The normalized spacial score (nSPS) is 20.1. The lowest BCUT2D eigenvalue weighted by Gasteiger charge is -2.34. The predicted octanol–water partition coefficient (Wildman–Crippen LogP) is 4.09. The van der Waals surface area contributed by atoms with Crippen LogP contribution in [0.15, 0.2) is 36.5 Å². The third-order valence-corrected chi connectivity index (χ3v) is 7.44. The summed E-state index contributed by atoms with van der Waals surface area (Å²) in [6.45, 7) is 11.2. The van der Waals surface area contributed by atoms with E-state index in [1.54, 1.807) is 7.11 Å². The van der Waals surface area contributed by atoms with Crippen LogP contribution in [-0.2, 0) is 17.9 Å². The lowest BCUT2D eigenvalue weighted by Crippen LogP contribution is -2.45. The molecule has 3 aromatic heterocycles. The maximum Gasteiger partial charge on any atom is 0.138 e. The molecule has 2 aliphatic rings. The van der Waals surface area contributed by atoms with Gasteiger partial charge in [0.25, 0.3) is 0 Å². The van der Waals surface area contributed by atoms with Gasteiger partial charge in [0.15, 0.2) is 0 Å². The minimum Gasteiger partial charge on any atom is -0.378 e. The number of rotatable bonds is 7. The Hall–Kier alpha value is -2.48. The van der Waals surface area contributed by atoms with Gasteiger partial charge in [-0.2, -0.15) is 0 Å². The van der Waals surface area contributed by atoms with Crippen LogP contribution in [0.3, 0.4) is 0 Å². The summed E-state index contributed by atoms with van der Waals surface area (Å²) in [5.41, 5.74) is 5.91. The number of fused-ring (bicyclic) bond motifs is 1. The predicted molar refractivity (Wildman–Crippen MR) is 136 cm³/mol. The van der Waals surface area contributed by atoms with Gasteiger partial charge in [-0.05, 0) is 56.1 Å². The molecule has 5 rings (SSSR count). The number of hydrogen-bond donors (Lipinski definition) is 0. The van der Waals surface area contributed by atoms with Crippen molar-refractivity contribution in [1.29, 1.82) is 0 Å². The van der Waals surface area contributed by atoms with E-state index in [-0.39, 0.29) is 0 Å². The summed E-state index contributed by atoms with van der Waals surface area (Å²) in [4.78, 5) is 17.4.